The Morgan fingerprint density at radius 1 is 1.58 bits per heavy atom. The van der Waals surface area contributed by atoms with Crippen LogP contribution in [0.1, 0.15) is 20.8 Å². The Balaban J connectivity index is 3.67. The van der Waals surface area contributed by atoms with E-state index in [9.17, 15) is 4.79 Å². The van der Waals surface area contributed by atoms with Gasteiger partial charge >= 0.3 is 0 Å². The molecule has 12 heavy (non-hydrogen) atoms. The fourth-order valence-electron chi connectivity index (χ4n) is 0.800. The molecule has 0 saturated carbocycles. The third-order valence-electron chi connectivity index (χ3n) is 1.37. The van der Waals surface area contributed by atoms with Gasteiger partial charge in [-0.1, -0.05) is 0 Å². The maximum Gasteiger partial charge on any atom is 0.235 e. The summed E-state index contributed by atoms with van der Waals surface area (Å²) >= 11 is 5.31. The molecule has 4 heteroatoms. The van der Waals surface area contributed by atoms with Crippen molar-refractivity contribution in [2.24, 2.45) is 0 Å². The van der Waals surface area contributed by atoms with Crippen molar-refractivity contribution in [1.29, 1.82) is 0 Å². The molecule has 0 radical (unpaired) electrons. The second-order valence-electron chi connectivity index (χ2n) is 3.10. The Morgan fingerprint density at radius 2 is 2.17 bits per heavy atom. The van der Waals surface area contributed by atoms with Gasteiger partial charge in [0.05, 0.1) is 5.60 Å². The molecule has 1 amide bonds. The Bertz CT molecular complexity index is 148. The van der Waals surface area contributed by atoms with Gasteiger partial charge in [-0.15, -0.1) is 11.6 Å². The Labute approximate surface area is 78.4 Å². The molecule has 0 unspecified atom stereocenters. The van der Waals surface area contributed by atoms with E-state index in [-0.39, 0.29) is 17.4 Å². The van der Waals surface area contributed by atoms with Crippen LogP contribution in [-0.4, -0.2) is 30.5 Å². The van der Waals surface area contributed by atoms with E-state index in [1.807, 2.05) is 20.8 Å². The molecule has 0 rings (SSSR count). The lowest BCUT2D eigenvalue weighted by Crippen LogP contribution is -2.40. The van der Waals surface area contributed by atoms with Gasteiger partial charge in [-0.05, 0) is 20.8 Å². The summed E-state index contributed by atoms with van der Waals surface area (Å²) in [4.78, 5) is 10.8. The van der Waals surface area contributed by atoms with E-state index in [1.165, 1.54) is 0 Å². The second-order valence-corrected chi connectivity index (χ2v) is 3.37. The van der Waals surface area contributed by atoms with Crippen molar-refractivity contribution < 1.29 is 9.53 Å². The van der Waals surface area contributed by atoms with Crippen LogP contribution in [0.15, 0.2) is 0 Å². The molecule has 1 N–H and O–H groups in total. The summed E-state index contributed by atoms with van der Waals surface area (Å²) in [6.07, 6.45) is 0. The topological polar surface area (TPSA) is 38.3 Å². The normalized spacial score (nSPS) is 11.3. The van der Waals surface area contributed by atoms with Gasteiger partial charge < -0.3 is 10.1 Å². The molecule has 0 saturated heterocycles. The van der Waals surface area contributed by atoms with Crippen LogP contribution >= 0.6 is 11.6 Å². The van der Waals surface area contributed by atoms with E-state index in [1.54, 1.807) is 0 Å². The van der Waals surface area contributed by atoms with Gasteiger partial charge in [-0.3, -0.25) is 4.79 Å². The molecule has 0 spiro atoms. The highest BCUT2D eigenvalue weighted by atomic mass is 35.5. The minimum absolute atomic E-state index is 0.00219. The molecule has 0 heterocycles. The van der Waals surface area contributed by atoms with Crippen LogP contribution < -0.4 is 5.32 Å². The number of halogens is 1. The number of carbonyl (C=O) groups excluding carboxylic acids is 1. The molecule has 0 aromatic heterocycles. The van der Waals surface area contributed by atoms with Gasteiger partial charge in [0.1, 0.15) is 5.88 Å². The number of rotatable bonds is 5. The molecule has 0 fully saturated rings. The summed E-state index contributed by atoms with van der Waals surface area (Å²) in [5.74, 6) is -0.160. The van der Waals surface area contributed by atoms with Crippen LogP contribution in [0, 0.1) is 0 Å². The lowest BCUT2D eigenvalue weighted by molar-refractivity contribution is -0.120. The fraction of sp³-hybridized carbons (Fsp3) is 0.875. The lowest BCUT2D eigenvalue weighted by atomic mass is 10.1. The Kier molecular flexibility index (Phi) is 5.25. The van der Waals surface area contributed by atoms with Crippen LogP contribution in [0.3, 0.4) is 0 Å². The van der Waals surface area contributed by atoms with Crippen molar-refractivity contribution in [2.45, 2.75) is 26.4 Å². The smallest absolute Gasteiger partial charge is 0.235 e. The highest BCUT2D eigenvalue weighted by molar-refractivity contribution is 6.27. The predicted molar refractivity (Wildman–Crippen MR) is 49.4 cm³/mol. The molecular weight excluding hydrogens is 178 g/mol. The molecule has 72 valence electrons. The number of hydrogen-bond acceptors (Lipinski definition) is 2. The van der Waals surface area contributed by atoms with Crippen LogP contribution in [-0.2, 0) is 9.53 Å². The van der Waals surface area contributed by atoms with Crippen LogP contribution in [0.5, 0.6) is 0 Å². The number of amides is 1. The van der Waals surface area contributed by atoms with Crippen LogP contribution in [0.25, 0.3) is 0 Å². The number of hydrogen-bond donors (Lipinski definition) is 1. The molecule has 0 aliphatic carbocycles. The lowest BCUT2D eigenvalue weighted by Gasteiger charge is -2.24. The zero-order valence-corrected chi connectivity index (χ0v) is 8.57. The summed E-state index contributed by atoms with van der Waals surface area (Å²) in [5.41, 5.74) is -0.309. The van der Waals surface area contributed by atoms with Crippen molar-refractivity contribution >= 4 is 17.5 Å². The summed E-state index contributed by atoms with van der Waals surface area (Å²) in [6.45, 7) is 6.90. The first-order valence-electron chi connectivity index (χ1n) is 3.98. The SMILES string of the molecule is CCOC(C)(C)CNC(=O)CCl. The molecule has 0 aromatic rings. The van der Waals surface area contributed by atoms with E-state index < -0.39 is 0 Å². The summed E-state index contributed by atoms with van der Waals surface area (Å²) < 4.78 is 5.37. The zero-order chi connectivity index (χ0) is 9.61. The molecule has 3 nitrogen and oxygen atoms in total. The average molecular weight is 194 g/mol. The minimum Gasteiger partial charge on any atom is -0.374 e. The van der Waals surface area contributed by atoms with Crippen molar-refractivity contribution in [3.8, 4) is 0 Å². The van der Waals surface area contributed by atoms with E-state index in [4.69, 9.17) is 16.3 Å². The van der Waals surface area contributed by atoms with Crippen molar-refractivity contribution in [2.75, 3.05) is 19.0 Å². The number of alkyl halides is 1. The predicted octanol–water partition coefficient (Wildman–Crippen LogP) is 1.16. The number of carbonyl (C=O) groups is 1. The first-order valence-corrected chi connectivity index (χ1v) is 4.52. The molecule has 0 bridgehead atoms. The van der Waals surface area contributed by atoms with Gasteiger partial charge in [0, 0.05) is 13.2 Å². The first kappa shape index (κ1) is 11.7. The van der Waals surface area contributed by atoms with Crippen molar-refractivity contribution in [3.63, 3.8) is 0 Å². The minimum atomic E-state index is -0.309. The molecule has 0 aromatic carbocycles. The third kappa shape index (κ3) is 5.38. The third-order valence-corrected chi connectivity index (χ3v) is 1.61. The van der Waals surface area contributed by atoms with E-state index in [2.05, 4.69) is 5.32 Å². The highest BCUT2D eigenvalue weighted by Crippen LogP contribution is 2.06. The fourth-order valence-corrected chi connectivity index (χ4v) is 0.895. The van der Waals surface area contributed by atoms with Gasteiger partial charge in [0.25, 0.3) is 0 Å². The van der Waals surface area contributed by atoms with E-state index in [0.717, 1.165) is 0 Å². The maximum absolute atomic E-state index is 10.8. The Morgan fingerprint density at radius 3 is 2.58 bits per heavy atom. The maximum atomic E-state index is 10.8. The summed E-state index contributed by atoms with van der Waals surface area (Å²) in [7, 11) is 0. The summed E-state index contributed by atoms with van der Waals surface area (Å²) in [5, 5.41) is 2.66. The van der Waals surface area contributed by atoms with E-state index >= 15 is 0 Å². The standard InChI is InChI=1S/C8H16ClNO2/c1-4-12-8(2,3)6-10-7(11)5-9/h4-6H2,1-3H3,(H,10,11). The van der Waals surface area contributed by atoms with Gasteiger partial charge in [-0.25, -0.2) is 0 Å². The van der Waals surface area contributed by atoms with Gasteiger partial charge in [0.15, 0.2) is 0 Å². The van der Waals surface area contributed by atoms with Crippen LogP contribution in [0.2, 0.25) is 0 Å². The van der Waals surface area contributed by atoms with Crippen molar-refractivity contribution in [1.82, 2.24) is 5.32 Å². The Hall–Kier alpha value is -0.280. The largest absolute Gasteiger partial charge is 0.374 e. The molecular formula is C8H16ClNO2. The van der Waals surface area contributed by atoms with E-state index in [0.29, 0.717) is 13.2 Å². The number of nitrogens with one attached hydrogen (secondary N) is 1. The van der Waals surface area contributed by atoms with Gasteiger partial charge in [-0.2, -0.15) is 0 Å². The quantitative estimate of drug-likeness (QED) is 0.666. The van der Waals surface area contributed by atoms with Crippen molar-refractivity contribution in [3.05, 3.63) is 0 Å². The monoisotopic (exact) mass is 193 g/mol. The van der Waals surface area contributed by atoms with Gasteiger partial charge in [0.2, 0.25) is 5.91 Å². The second kappa shape index (κ2) is 5.38. The first-order chi connectivity index (χ1) is 5.52. The molecule has 0 aliphatic rings. The average Bonchev–Trinajstić information content (AvgIpc) is 2.00. The molecule has 0 aliphatic heterocycles. The summed E-state index contributed by atoms with van der Waals surface area (Å²) in [6, 6.07) is 0. The zero-order valence-electron chi connectivity index (χ0n) is 7.82. The highest BCUT2D eigenvalue weighted by Gasteiger charge is 2.17. The number of ether oxygens (including phenoxy) is 1. The molecule has 0 atom stereocenters. The van der Waals surface area contributed by atoms with Crippen LogP contribution in [0.4, 0.5) is 0 Å².